The molecule has 3 rings (SSSR count). The van der Waals surface area contributed by atoms with Crippen LogP contribution in [0.25, 0.3) is 0 Å². The minimum absolute atomic E-state index is 0.231. The van der Waals surface area contributed by atoms with E-state index in [4.69, 9.17) is 4.74 Å². The van der Waals surface area contributed by atoms with Crippen molar-refractivity contribution in [1.82, 2.24) is 9.97 Å². The highest BCUT2D eigenvalue weighted by Gasteiger charge is 2.13. The number of benzene rings is 2. The summed E-state index contributed by atoms with van der Waals surface area (Å²) in [4.78, 5) is 21.5. The summed E-state index contributed by atoms with van der Waals surface area (Å²) in [6.45, 7) is 3.81. The van der Waals surface area contributed by atoms with Crippen molar-refractivity contribution < 1.29 is 9.53 Å². The molecule has 2 N–H and O–H groups in total. The maximum Gasteiger partial charge on any atom is 0.257 e. The van der Waals surface area contributed by atoms with E-state index in [-0.39, 0.29) is 5.91 Å². The normalized spacial score (nSPS) is 10.3. The van der Waals surface area contributed by atoms with Crippen LogP contribution in [-0.2, 0) is 0 Å². The molecular weight excluding hydrogens is 328 g/mol. The van der Waals surface area contributed by atoms with Crippen LogP contribution in [0.5, 0.6) is 5.75 Å². The van der Waals surface area contributed by atoms with Gasteiger partial charge in [-0.15, -0.1) is 0 Å². The van der Waals surface area contributed by atoms with E-state index >= 15 is 0 Å². The molecular formula is C20H20N4O2. The zero-order chi connectivity index (χ0) is 18.5. The Morgan fingerprint density at radius 2 is 1.69 bits per heavy atom. The van der Waals surface area contributed by atoms with Gasteiger partial charge < -0.3 is 15.4 Å². The standard InChI is InChI=1S/C20H20N4O2/c1-13-11-14(2)22-20(21-13)24-18-10-5-4-9-17(18)19(25)23-15-7-6-8-16(12-15)26-3/h4-12H,1-3H3,(H,23,25)(H,21,22,24). The topological polar surface area (TPSA) is 76.1 Å². The Morgan fingerprint density at radius 1 is 0.962 bits per heavy atom. The molecule has 0 saturated carbocycles. The number of ether oxygens (including phenoxy) is 1. The van der Waals surface area contributed by atoms with E-state index in [1.165, 1.54) is 0 Å². The number of hydrogen-bond acceptors (Lipinski definition) is 5. The van der Waals surface area contributed by atoms with Gasteiger partial charge in [-0.1, -0.05) is 18.2 Å². The number of aromatic nitrogens is 2. The van der Waals surface area contributed by atoms with E-state index < -0.39 is 0 Å². The van der Waals surface area contributed by atoms with Crippen LogP contribution < -0.4 is 15.4 Å². The molecule has 132 valence electrons. The Balaban J connectivity index is 1.85. The molecule has 2 aromatic carbocycles. The first-order valence-electron chi connectivity index (χ1n) is 8.19. The summed E-state index contributed by atoms with van der Waals surface area (Å²) < 4.78 is 5.19. The van der Waals surface area contributed by atoms with Crippen molar-refractivity contribution >= 4 is 23.2 Å². The molecule has 1 aromatic heterocycles. The van der Waals surface area contributed by atoms with E-state index in [0.29, 0.717) is 28.6 Å². The summed E-state index contributed by atoms with van der Waals surface area (Å²) >= 11 is 0. The van der Waals surface area contributed by atoms with Crippen molar-refractivity contribution in [3.05, 3.63) is 71.5 Å². The Kier molecular flexibility index (Phi) is 5.12. The van der Waals surface area contributed by atoms with E-state index in [2.05, 4.69) is 20.6 Å². The zero-order valence-electron chi connectivity index (χ0n) is 14.9. The summed E-state index contributed by atoms with van der Waals surface area (Å²) in [5.74, 6) is 0.910. The third kappa shape index (κ3) is 4.16. The van der Waals surface area contributed by atoms with Gasteiger partial charge >= 0.3 is 0 Å². The summed E-state index contributed by atoms with van der Waals surface area (Å²) in [6, 6.07) is 16.4. The minimum atomic E-state index is -0.231. The van der Waals surface area contributed by atoms with Crippen LogP contribution in [-0.4, -0.2) is 23.0 Å². The molecule has 0 unspecified atom stereocenters. The third-order valence-electron chi connectivity index (χ3n) is 3.73. The van der Waals surface area contributed by atoms with Crippen LogP contribution in [0.1, 0.15) is 21.7 Å². The van der Waals surface area contributed by atoms with E-state index in [1.54, 1.807) is 19.2 Å². The quantitative estimate of drug-likeness (QED) is 0.726. The summed E-state index contributed by atoms with van der Waals surface area (Å²) in [5, 5.41) is 6.02. The fourth-order valence-corrected chi connectivity index (χ4v) is 2.59. The molecule has 0 radical (unpaired) electrons. The van der Waals surface area contributed by atoms with Crippen LogP contribution in [0.15, 0.2) is 54.6 Å². The predicted molar refractivity (Wildman–Crippen MR) is 102 cm³/mol. The number of rotatable bonds is 5. The SMILES string of the molecule is COc1cccc(NC(=O)c2ccccc2Nc2nc(C)cc(C)n2)c1. The van der Waals surface area contributed by atoms with Gasteiger partial charge in [-0.3, -0.25) is 4.79 Å². The lowest BCUT2D eigenvalue weighted by atomic mass is 10.1. The second-order valence-corrected chi connectivity index (χ2v) is 5.83. The lowest BCUT2D eigenvalue weighted by Gasteiger charge is -2.12. The molecule has 0 atom stereocenters. The van der Waals surface area contributed by atoms with Gasteiger partial charge in [0.2, 0.25) is 5.95 Å². The Morgan fingerprint density at radius 3 is 2.42 bits per heavy atom. The zero-order valence-corrected chi connectivity index (χ0v) is 14.9. The average Bonchev–Trinajstić information content (AvgIpc) is 2.61. The summed E-state index contributed by atoms with van der Waals surface area (Å²) in [7, 11) is 1.59. The lowest BCUT2D eigenvalue weighted by Crippen LogP contribution is -2.14. The Bertz CT molecular complexity index is 920. The molecule has 26 heavy (non-hydrogen) atoms. The number of carbonyl (C=O) groups excluding carboxylic acids is 1. The largest absolute Gasteiger partial charge is 0.497 e. The van der Waals surface area contributed by atoms with Gasteiger partial charge in [0.1, 0.15) is 5.75 Å². The first-order chi connectivity index (χ1) is 12.5. The third-order valence-corrected chi connectivity index (χ3v) is 3.73. The van der Waals surface area contributed by atoms with Gasteiger partial charge in [0.05, 0.1) is 18.4 Å². The molecule has 1 amide bonds. The van der Waals surface area contributed by atoms with Crippen LogP contribution in [0.2, 0.25) is 0 Å². The van der Waals surface area contributed by atoms with Crippen molar-refractivity contribution in [3.8, 4) is 5.75 Å². The van der Waals surface area contributed by atoms with Crippen molar-refractivity contribution in [3.63, 3.8) is 0 Å². The maximum atomic E-state index is 12.7. The maximum absolute atomic E-state index is 12.7. The molecule has 1 heterocycles. The second-order valence-electron chi connectivity index (χ2n) is 5.83. The Labute approximate surface area is 152 Å². The molecule has 0 aliphatic carbocycles. The number of nitrogens with zero attached hydrogens (tertiary/aromatic N) is 2. The van der Waals surface area contributed by atoms with Gasteiger partial charge in [-0.25, -0.2) is 9.97 Å². The predicted octanol–water partition coefficient (Wildman–Crippen LogP) is 4.10. The van der Waals surface area contributed by atoms with Gasteiger partial charge in [-0.2, -0.15) is 0 Å². The first kappa shape index (κ1) is 17.4. The molecule has 3 aromatic rings. The first-order valence-corrected chi connectivity index (χ1v) is 8.19. The highest BCUT2D eigenvalue weighted by atomic mass is 16.5. The van der Waals surface area contributed by atoms with Gasteiger partial charge in [0.25, 0.3) is 5.91 Å². The summed E-state index contributed by atoms with van der Waals surface area (Å²) in [5.41, 5.74) is 3.51. The van der Waals surface area contributed by atoms with Crippen molar-refractivity contribution in [2.45, 2.75) is 13.8 Å². The second kappa shape index (κ2) is 7.65. The average molecular weight is 348 g/mol. The molecule has 0 spiro atoms. The molecule has 0 saturated heterocycles. The monoisotopic (exact) mass is 348 g/mol. The fourth-order valence-electron chi connectivity index (χ4n) is 2.59. The molecule has 6 heteroatoms. The van der Waals surface area contributed by atoms with Crippen LogP contribution in [0, 0.1) is 13.8 Å². The Hall–Kier alpha value is -3.41. The van der Waals surface area contributed by atoms with Gasteiger partial charge in [0, 0.05) is 23.1 Å². The number of nitrogens with one attached hydrogen (secondary N) is 2. The van der Waals surface area contributed by atoms with Crippen LogP contribution >= 0.6 is 0 Å². The molecule has 6 nitrogen and oxygen atoms in total. The number of hydrogen-bond donors (Lipinski definition) is 2. The number of para-hydroxylation sites is 1. The number of anilines is 3. The fraction of sp³-hybridized carbons (Fsp3) is 0.150. The van der Waals surface area contributed by atoms with Gasteiger partial charge in [-0.05, 0) is 44.2 Å². The van der Waals surface area contributed by atoms with Crippen molar-refractivity contribution in [2.75, 3.05) is 17.7 Å². The number of aryl methyl sites for hydroxylation is 2. The minimum Gasteiger partial charge on any atom is -0.497 e. The van der Waals surface area contributed by atoms with Crippen LogP contribution in [0.3, 0.4) is 0 Å². The summed E-state index contributed by atoms with van der Waals surface area (Å²) in [6.07, 6.45) is 0. The van der Waals surface area contributed by atoms with E-state index in [0.717, 1.165) is 11.4 Å². The highest BCUT2D eigenvalue weighted by Crippen LogP contribution is 2.22. The molecule has 0 aliphatic heterocycles. The van der Waals surface area contributed by atoms with Crippen LogP contribution in [0.4, 0.5) is 17.3 Å². The van der Waals surface area contributed by atoms with E-state index in [9.17, 15) is 4.79 Å². The molecule has 0 bridgehead atoms. The van der Waals surface area contributed by atoms with E-state index in [1.807, 2.05) is 56.3 Å². The number of methoxy groups -OCH3 is 1. The van der Waals surface area contributed by atoms with Crippen molar-refractivity contribution in [1.29, 1.82) is 0 Å². The smallest absolute Gasteiger partial charge is 0.257 e. The number of amides is 1. The van der Waals surface area contributed by atoms with Gasteiger partial charge in [0.15, 0.2) is 0 Å². The number of carbonyl (C=O) groups is 1. The lowest BCUT2D eigenvalue weighted by molar-refractivity contribution is 0.102. The molecule has 0 fully saturated rings. The highest BCUT2D eigenvalue weighted by molar-refractivity contribution is 6.08. The molecule has 0 aliphatic rings. The van der Waals surface area contributed by atoms with Crippen molar-refractivity contribution in [2.24, 2.45) is 0 Å².